The van der Waals surface area contributed by atoms with Gasteiger partial charge >= 0.3 is 0 Å². The van der Waals surface area contributed by atoms with Crippen molar-refractivity contribution in [3.8, 4) is 11.1 Å². The molecule has 1 unspecified atom stereocenters. The maximum atomic E-state index is 4.38. The molecule has 0 saturated heterocycles. The van der Waals surface area contributed by atoms with Crippen LogP contribution < -0.4 is 0 Å². The number of allylic oxidation sites excluding steroid dienone is 14. The fourth-order valence-corrected chi connectivity index (χ4v) is 8.96. The molecule has 3 aliphatic rings. The van der Waals surface area contributed by atoms with Crippen LogP contribution in [0.2, 0.25) is 0 Å². The molecule has 1 atom stereocenters. The smallest absolute Gasteiger partial charge is 0.0346 e. The summed E-state index contributed by atoms with van der Waals surface area (Å²) in [5, 5.41) is 0. The minimum atomic E-state index is 0.00346. The third-order valence-electron chi connectivity index (χ3n) is 11.9. The first-order valence-corrected chi connectivity index (χ1v) is 21.8. The van der Waals surface area contributed by atoms with Crippen LogP contribution in [-0.2, 0) is 18.3 Å². The van der Waals surface area contributed by atoms with Crippen molar-refractivity contribution >= 4 is 16.7 Å². The zero-order valence-electron chi connectivity index (χ0n) is 36.5. The Hall–Kier alpha value is -5.98. The molecule has 5 aromatic carbocycles. The lowest BCUT2D eigenvalue weighted by Gasteiger charge is -2.26. The Morgan fingerprint density at radius 2 is 1.44 bits per heavy atom. The second-order valence-electron chi connectivity index (χ2n) is 15.6. The van der Waals surface area contributed by atoms with Gasteiger partial charge in [-0.15, -0.1) is 0 Å². The van der Waals surface area contributed by atoms with Crippen molar-refractivity contribution in [2.75, 3.05) is 0 Å². The van der Waals surface area contributed by atoms with Crippen molar-refractivity contribution in [1.82, 2.24) is 0 Å². The van der Waals surface area contributed by atoms with E-state index >= 15 is 0 Å². The van der Waals surface area contributed by atoms with E-state index in [1.165, 1.54) is 66.8 Å². The fourth-order valence-electron chi connectivity index (χ4n) is 8.96. The molecule has 0 spiro atoms. The second kappa shape index (κ2) is 19.6. The van der Waals surface area contributed by atoms with Crippen LogP contribution in [0.1, 0.15) is 117 Å². The van der Waals surface area contributed by atoms with Crippen LogP contribution in [0.3, 0.4) is 0 Å². The molecule has 0 radical (unpaired) electrons. The number of rotatable bonds is 8. The summed E-state index contributed by atoms with van der Waals surface area (Å²) in [5.74, 6) is 0.00346. The number of hydrogen-bond donors (Lipinski definition) is 0. The minimum absolute atomic E-state index is 0.00346. The van der Waals surface area contributed by atoms with E-state index in [-0.39, 0.29) is 11.3 Å². The molecule has 5 aromatic rings. The lowest BCUT2D eigenvalue weighted by Crippen LogP contribution is -2.17. The Kier molecular flexibility index (Phi) is 14.2. The van der Waals surface area contributed by atoms with Gasteiger partial charge in [0.05, 0.1) is 0 Å². The predicted octanol–water partition coefficient (Wildman–Crippen LogP) is 16.4. The van der Waals surface area contributed by atoms with Gasteiger partial charge in [0.1, 0.15) is 0 Å². The SMILES string of the molecule is C=C/C(=C\C=C/C)c1cccc(C(c2ccc(C3=C/Cc4ccccc4CC(=C)/C=C\3)cc2)c2ccccc2-c2ccc3c(c2)C2=C(CCC=C2)C3(C)C)c1.CC.CC. The Morgan fingerprint density at radius 3 is 2.20 bits per heavy atom. The van der Waals surface area contributed by atoms with Crippen molar-refractivity contribution in [1.29, 1.82) is 0 Å². The molecule has 3 aliphatic carbocycles. The van der Waals surface area contributed by atoms with Gasteiger partial charge in [-0.1, -0.05) is 230 Å². The van der Waals surface area contributed by atoms with Crippen molar-refractivity contribution in [2.24, 2.45) is 0 Å². The molecule has 0 heterocycles. The zero-order chi connectivity index (χ0) is 41.9. The summed E-state index contributed by atoms with van der Waals surface area (Å²) < 4.78 is 0. The molecular weight excluding hydrogens is 709 g/mol. The molecule has 0 amide bonds. The van der Waals surface area contributed by atoms with Crippen LogP contribution in [0.5, 0.6) is 0 Å². The van der Waals surface area contributed by atoms with Gasteiger partial charge in [0.15, 0.2) is 0 Å². The number of hydrogen-bond acceptors (Lipinski definition) is 0. The van der Waals surface area contributed by atoms with Crippen LogP contribution in [0.4, 0.5) is 0 Å². The molecule has 8 rings (SSSR count). The van der Waals surface area contributed by atoms with Gasteiger partial charge in [-0.25, -0.2) is 0 Å². The molecule has 0 N–H and O–H groups in total. The summed E-state index contributed by atoms with van der Waals surface area (Å²) in [7, 11) is 0. The molecule has 0 heteroatoms. The van der Waals surface area contributed by atoms with Gasteiger partial charge < -0.3 is 0 Å². The van der Waals surface area contributed by atoms with Crippen LogP contribution in [0.25, 0.3) is 27.8 Å². The lowest BCUT2D eigenvalue weighted by molar-refractivity contribution is 0.607. The summed E-state index contributed by atoms with van der Waals surface area (Å²) in [5.41, 5.74) is 20.8. The van der Waals surface area contributed by atoms with E-state index in [9.17, 15) is 0 Å². The van der Waals surface area contributed by atoms with E-state index in [0.717, 1.165) is 42.4 Å². The maximum Gasteiger partial charge on any atom is 0.0346 e. The van der Waals surface area contributed by atoms with Gasteiger partial charge in [-0.05, 0) is 117 Å². The highest BCUT2D eigenvalue weighted by Crippen LogP contribution is 2.51. The average Bonchev–Trinajstić information content (AvgIpc) is 3.56. The summed E-state index contributed by atoms with van der Waals surface area (Å²) in [6.07, 6.45) is 23.8. The maximum absolute atomic E-state index is 4.38. The molecule has 0 saturated carbocycles. The third kappa shape index (κ3) is 9.04. The minimum Gasteiger partial charge on any atom is -0.0984 e. The first-order chi connectivity index (χ1) is 28.9. The van der Waals surface area contributed by atoms with E-state index in [2.05, 4.69) is 191 Å². The molecule has 0 nitrogen and oxygen atoms in total. The first-order valence-electron chi connectivity index (χ1n) is 21.8. The Balaban J connectivity index is 0.00000142. The number of fused-ring (bicyclic) bond motifs is 3. The Morgan fingerprint density at radius 1 is 0.712 bits per heavy atom. The molecule has 59 heavy (non-hydrogen) atoms. The average molecular weight is 771 g/mol. The first kappa shape index (κ1) is 42.6. The van der Waals surface area contributed by atoms with Gasteiger partial charge in [-0.3, -0.25) is 0 Å². The fraction of sp³-hybridized carbons (Fsp3) is 0.220. The molecule has 0 aromatic heterocycles. The molecule has 0 bridgehead atoms. The van der Waals surface area contributed by atoms with Crippen molar-refractivity contribution in [2.45, 2.75) is 85.5 Å². The van der Waals surface area contributed by atoms with Crippen LogP contribution in [-0.4, -0.2) is 0 Å². The highest BCUT2D eigenvalue weighted by Gasteiger charge is 2.37. The summed E-state index contributed by atoms with van der Waals surface area (Å²) >= 11 is 0. The van der Waals surface area contributed by atoms with Gasteiger partial charge in [0.2, 0.25) is 0 Å². The van der Waals surface area contributed by atoms with Crippen molar-refractivity contribution < 1.29 is 0 Å². The van der Waals surface area contributed by atoms with Crippen LogP contribution in [0.15, 0.2) is 194 Å². The van der Waals surface area contributed by atoms with E-state index in [1.54, 1.807) is 5.57 Å². The van der Waals surface area contributed by atoms with Gasteiger partial charge in [-0.2, -0.15) is 0 Å². The van der Waals surface area contributed by atoms with Gasteiger partial charge in [0.25, 0.3) is 0 Å². The van der Waals surface area contributed by atoms with Crippen molar-refractivity contribution in [3.05, 3.63) is 244 Å². The molecular formula is C59H62. The summed E-state index contributed by atoms with van der Waals surface area (Å²) in [6.45, 7) is 23.4. The normalized spacial score (nSPS) is 17.3. The van der Waals surface area contributed by atoms with E-state index < -0.39 is 0 Å². The Labute approximate surface area is 356 Å². The largest absolute Gasteiger partial charge is 0.0984 e. The topological polar surface area (TPSA) is 0 Å². The highest BCUT2D eigenvalue weighted by atomic mass is 14.4. The zero-order valence-corrected chi connectivity index (χ0v) is 36.5. The molecule has 0 fully saturated rings. The van der Waals surface area contributed by atoms with Crippen molar-refractivity contribution in [3.63, 3.8) is 0 Å². The number of benzene rings is 5. The summed E-state index contributed by atoms with van der Waals surface area (Å²) in [4.78, 5) is 0. The highest BCUT2D eigenvalue weighted by molar-refractivity contribution is 5.89. The van der Waals surface area contributed by atoms with E-state index in [0.29, 0.717) is 0 Å². The summed E-state index contributed by atoms with van der Waals surface area (Å²) in [6, 6.07) is 43.3. The lowest BCUT2D eigenvalue weighted by atomic mass is 9.78. The van der Waals surface area contributed by atoms with Crippen LogP contribution in [0, 0.1) is 0 Å². The van der Waals surface area contributed by atoms with E-state index in [4.69, 9.17) is 0 Å². The molecule has 298 valence electrons. The predicted molar refractivity (Wildman–Crippen MR) is 260 cm³/mol. The Bertz CT molecular complexity index is 2480. The quantitative estimate of drug-likeness (QED) is 0.109. The third-order valence-corrected chi connectivity index (χ3v) is 11.9. The van der Waals surface area contributed by atoms with E-state index in [1.807, 2.05) is 40.7 Å². The standard InChI is InChI=1S/C55H50.2C2H6/c1-6-8-16-39(7-2)45-19-15-20-47(36-45)54(43-31-29-42(30-32-43)41-26-25-38(3)35-44-18-10-9-17-40(44)27-28-41)50-23-12-11-21-48(50)46-33-34-53-51(37-46)49-22-13-14-24-52(49)55(53,4)5;2*1-2/h6-13,15-23,25-26,28-34,36-37,54H,2-3,14,24,27,35H2,1,4-5H3;2*1-2H3/b8-6-,26-25-,39-16+,41-28+;;. The second-order valence-corrected chi connectivity index (χ2v) is 15.6. The monoisotopic (exact) mass is 770 g/mol. The van der Waals surface area contributed by atoms with Gasteiger partial charge in [0, 0.05) is 11.3 Å². The molecule has 0 aliphatic heterocycles. The van der Waals surface area contributed by atoms with Crippen LogP contribution >= 0.6 is 0 Å².